The molecule has 4 rings (SSSR count). The quantitative estimate of drug-likeness (QED) is 0.649. The highest BCUT2D eigenvalue weighted by Crippen LogP contribution is 2.33. The summed E-state index contributed by atoms with van der Waals surface area (Å²) >= 11 is 0. The number of piperazine rings is 1. The molecule has 7 nitrogen and oxygen atoms in total. The lowest BCUT2D eigenvalue weighted by molar-refractivity contribution is 0.0222. The Balaban J connectivity index is 1.67. The van der Waals surface area contributed by atoms with Gasteiger partial charge >= 0.3 is 11.7 Å². The van der Waals surface area contributed by atoms with E-state index in [9.17, 15) is 9.59 Å². The maximum Gasteiger partial charge on any atom is 0.410 e. The van der Waals surface area contributed by atoms with Gasteiger partial charge in [0.05, 0.1) is 12.1 Å². The van der Waals surface area contributed by atoms with Gasteiger partial charge in [0.1, 0.15) is 11.2 Å². The molecule has 1 amide bonds. The average molecular weight is 428 g/mol. The molecule has 0 aliphatic carbocycles. The second-order valence-electron chi connectivity index (χ2n) is 9.86. The fraction of sp³-hybridized carbons (Fsp3) is 0.583. The van der Waals surface area contributed by atoms with Crippen molar-refractivity contribution in [2.45, 2.75) is 59.2 Å². The minimum Gasteiger partial charge on any atom is -0.444 e. The Bertz CT molecular complexity index is 1070. The molecular weight excluding hydrogens is 394 g/mol. The van der Waals surface area contributed by atoms with Crippen molar-refractivity contribution >= 4 is 22.7 Å². The Hall–Kier alpha value is -2.54. The van der Waals surface area contributed by atoms with Gasteiger partial charge in [0, 0.05) is 48.9 Å². The first-order valence-electron chi connectivity index (χ1n) is 11.1. The van der Waals surface area contributed by atoms with Crippen molar-refractivity contribution in [2.75, 3.05) is 38.1 Å². The summed E-state index contributed by atoms with van der Waals surface area (Å²) in [5, 5.41) is 0.974. The number of aryl methyl sites for hydroxylation is 1. The van der Waals surface area contributed by atoms with Crippen LogP contribution >= 0.6 is 0 Å². The van der Waals surface area contributed by atoms with Crippen LogP contribution in [0.1, 0.15) is 44.4 Å². The van der Waals surface area contributed by atoms with E-state index in [-0.39, 0.29) is 12.2 Å². The summed E-state index contributed by atoms with van der Waals surface area (Å²) in [5.74, 6) is 0. The number of likely N-dealkylation sites (N-methyl/N-ethyl adjacent to an activating group) is 1. The molecule has 0 spiro atoms. The third-order valence-electron chi connectivity index (χ3n) is 6.44. The lowest BCUT2D eigenvalue weighted by Gasteiger charge is -2.39. The molecule has 1 aromatic carbocycles. The summed E-state index contributed by atoms with van der Waals surface area (Å²) < 4.78 is 11.3. The van der Waals surface area contributed by atoms with Gasteiger partial charge in [-0.25, -0.2) is 9.59 Å². The summed E-state index contributed by atoms with van der Waals surface area (Å²) in [7, 11) is 2.15. The van der Waals surface area contributed by atoms with Crippen molar-refractivity contribution in [3.05, 3.63) is 39.2 Å². The van der Waals surface area contributed by atoms with Crippen LogP contribution in [0.25, 0.3) is 11.0 Å². The number of fused-ring (bicyclic) bond motifs is 3. The normalized spacial score (nSPS) is 20.1. The van der Waals surface area contributed by atoms with Crippen molar-refractivity contribution in [3.63, 3.8) is 0 Å². The van der Waals surface area contributed by atoms with Crippen LogP contribution in [0.5, 0.6) is 0 Å². The SMILES string of the molecule is Cc1c(N2CCN(C)[C@@H](C)C2)ccc2c3c(c(=O)oc12)CN(C(=O)OC(C)(C)C)CC3. The molecule has 0 bridgehead atoms. The number of rotatable bonds is 1. The summed E-state index contributed by atoms with van der Waals surface area (Å²) in [4.78, 5) is 31.7. The van der Waals surface area contributed by atoms with E-state index in [0.717, 1.165) is 41.8 Å². The Morgan fingerprint density at radius 1 is 1.16 bits per heavy atom. The predicted octanol–water partition coefficient (Wildman–Crippen LogP) is 3.53. The summed E-state index contributed by atoms with van der Waals surface area (Å²) in [5.41, 5.74) is 3.42. The number of benzene rings is 1. The molecule has 0 saturated carbocycles. The lowest BCUT2D eigenvalue weighted by atomic mass is 9.95. The highest BCUT2D eigenvalue weighted by molar-refractivity contribution is 5.88. The largest absolute Gasteiger partial charge is 0.444 e. The van der Waals surface area contributed by atoms with E-state index >= 15 is 0 Å². The van der Waals surface area contributed by atoms with E-state index in [1.807, 2.05) is 27.7 Å². The van der Waals surface area contributed by atoms with Gasteiger partial charge in [-0.2, -0.15) is 0 Å². The molecule has 168 valence electrons. The first-order chi connectivity index (χ1) is 14.5. The van der Waals surface area contributed by atoms with Crippen LogP contribution in [-0.4, -0.2) is 60.8 Å². The van der Waals surface area contributed by atoms with Crippen molar-refractivity contribution in [3.8, 4) is 0 Å². The molecular formula is C24H33N3O4. The first kappa shape index (κ1) is 21.7. The van der Waals surface area contributed by atoms with E-state index in [0.29, 0.717) is 30.2 Å². The van der Waals surface area contributed by atoms with Crippen LogP contribution in [0.3, 0.4) is 0 Å². The number of amides is 1. The van der Waals surface area contributed by atoms with Crippen LogP contribution in [0.4, 0.5) is 10.5 Å². The first-order valence-corrected chi connectivity index (χ1v) is 11.1. The number of nitrogens with zero attached hydrogens (tertiary/aromatic N) is 3. The fourth-order valence-electron chi connectivity index (χ4n) is 4.54. The maximum atomic E-state index is 12.9. The summed E-state index contributed by atoms with van der Waals surface area (Å²) in [6.07, 6.45) is 0.217. The van der Waals surface area contributed by atoms with E-state index < -0.39 is 11.7 Å². The lowest BCUT2D eigenvalue weighted by Crippen LogP contribution is -2.50. The molecule has 3 heterocycles. The molecule has 2 aliphatic heterocycles. The zero-order valence-corrected chi connectivity index (χ0v) is 19.4. The number of ether oxygens (including phenoxy) is 1. The molecule has 1 saturated heterocycles. The smallest absolute Gasteiger partial charge is 0.410 e. The van der Waals surface area contributed by atoms with Gasteiger partial charge in [-0.05, 0) is 65.8 Å². The Morgan fingerprint density at radius 3 is 2.58 bits per heavy atom. The highest BCUT2D eigenvalue weighted by atomic mass is 16.6. The topological polar surface area (TPSA) is 66.2 Å². The van der Waals surface area contributed by atoms with Crippen molar-refractivity contribution < 1.29 is 13.9 Å². The molecule has 0 unspecified atom stereocenters. The second kappa shape index (κ2) is 7.86. The van der Waals surface area contributed by atoms with Crippen LogP contribution in [-0.2, 0) is 17.7 Å². The third-order valence-corrected chi connectivity index (χ3v) is 6.44. The number of hydrogen-bond acceptors (Lipinski definition) is 6. The number of hydrogen-bond donors (Lipinski definition) is 0. The van der Waals surface area contributed by atoms with Gasteiger partial charge in [0.2, 0.25) is 0 Å². The van der Waals surface area contributed by atoms with Crippen LogP contribution in [0, 0.1) is 6.92 Å². The Morgan fingerprint density at radius 2 is 1.90 bits per heavy atom. The maximum absolute atomic E-state index is 12.9. The van der Waals surface area contributed by atoms with Crippen molar-refractivity contribution in [2.24, 2.45) is 0 Å². The molecule has 2 aliphatic rings. The number of anilines is 1. The highest BCUT2D eigenvalue weighted by Gasteiger charge is 2.30. The zero-order valence-electron chi connectivity index (χ0n) is 19.4. The number of carbonyl (C=O) groups is 1. The molecule has 0 radical (unpaired) electrons. The van der Waals surface area contributed by atoms with E-state index in [1.165, 1.54) is 0 Å². The van der Waals surface area contributed by atoms with E-state index in [2.05, 4.69) is 35.9 Å². The van der Waals surface area contributed by atoms with Gasteiger partial charge < -0.3 is 23.9 Å². The minimum atomic E-state index is -0.570. The van der Waals surface area contributed by atoms with Crippen LogP contribution in [0.2, 0.25) is 0 Å². The Kier molecular flexibility index (Phi) is 5.50. The molecule has 0 N–H and O–H groups in total. The fourth-order valence-corrected chi connectivity index (χ4v) is 4.54. The van der Waals surface area contributed by atoms with Crippen molar-refractivity contribution in [1.29, 1.82) is 0 Å². The van der Waals surface area contributed by atoms with Gasteiger partial charge in [0.25, 0.3) is 0 Å². The monoisotopic (exact) mass is 427 g/mol. The average Bonchev–Trinajstić information content (AvgIpc) is 2.70. The van der Waals surface area contributed by atoms with E-state index in [1.54, 1.807) is 4.90 Å². The Labute approximate surface area is 183 Å². The van der Waals surface area contributed by atoms with Gasteiger partial charge in [-0.1, -0.05) is 0 Å². The molecule has 1 fully saturated rings. The summed E-state index contributed by atoms with van der Waals surface area (Å²) in [6.45, 7) is 13.4. The second-order valence-corrected chi connectivity index (χ2v) is 9.86. The molecule has 31 heavy (non-hydrogen) atoms. The van der Waals surface area contributed by atoms with Gasteiger partial charge in [-0.3, -0.25) is 0 Å². The van der Waals surface area contributed by atoms with Crippen LogP contribution in [0.15, 0.2) is 21.3 Å². The van der Waals surface area contributed by atoms with E-state index in [4.69, 9.17) is 9.15 Å². The molecule has 1 atom stereocenters. The van der Waals surface area contributed by atoms with Gasteiger partial charge in [-0.15, -0.1) is 0 Å². The standard InChI is InChI=1S/C24H33N3O4/c1-15-13-26(12-11-25(15)6)20-8-7-18-17-9-10-27(23(29)31-24(3,4)5)14-19(17)22(28)30-21(18)16(20)2/h7-8,15H,9-14H2,1-6H3/t15-/m0/s1. The van der Waals surface area contributed by atoms with Crippen LogP contribution < -0.4 is 10.5 Å². The minimum absolute atomic E-state index is 0.222. The molecule has 7 heteroatoms. The predicted molar refractivity (Wildman–Crippen MR) is 122 cm³/mol. The molecule has 2 aromatic rings. The summed E-state index contributed by atoms with van der Waals surface area (Å²) in [6, 6.07) is 4.69. The van der Waals surface area contributed by atoms with Crippen molar-refractivity contribution in [1.82, 2.24) is 9.80 Å². The number of carbonyl (C=O) groups excluding carboxylic acids is 1. The molecule has 1 aromatic heterocycles. The zero-order chi connectivity index (χ0) is 22.5. The van der Waals surface area contributed by atoms with Gasteiger partial charge in [0.15, 0.2) is 0 Å². The third kappa shape index (κ3) is 4.15.